The van der Waals surface area contributed by atoms with Gasteiger partial charge >= 0.3 is 0 Å². The molecule has 0 radical (unpaired) electrons. The van der Waals surface area contributed by atoms with Crippen LogP contribution in [0.15, 0.2) is 97.8 Å². The van der Waals surface area contributed by atoms with Crippen LogP contribution in [0.25, 0.3) is 0 Å². The molecule has 2 aromatic carbocycles. The van der Waals surface area contributed by atoms with Crippen LogP contribution in [0.1, 0.15) is 133 Å². The zero-order chi connectivity index (χ0) is 46.3. The Morgan fingerprint density at radius 1 is 0.394 bits per heavy atom. The van der Waals surface area contributed by atoms with Crippen molar-refractivity contribution in [3.8, 4) is 0 Å². The monoisotopic (exact) mass is 896 g/mol. The van der Waals surface area contributed by atoms with Crippen molar-refractivity contribution in [1.29, 1.82) is 0 Å². The van der Waals surface area contributed by atoms with Gasteiger partial charge in [0.05, 0.1) is 5.69 Å². The summed E-state index contributed by atoms with van der Waals surface area (Å²) in [6.45, 7) is 32.7. The molecule has 3 aromatic heterocycles. The van der Waals surface area contributed by atoms with Gasteiger partial charge in [-0.15, -0.1) is 0 Å². The molecule has 0 unspecified atom stereocenters. The molecule has 9 nitrogen and oxygen atoms in total. The van der Waals surface area contributed by atoms with Crippen molar-refractivity contribution in [3.05, 3.63) is 148 Å². The van der Waals surface area contributed by atoms with E-state index in [-0.39, 0.29) is 7.43 Å². The van der Waals surface area contributed by atoms with Gasteiger partial charge in [-0.1, -0.05) is 56.0 Å². The van der Waals surface area contributed by atoms with Gasteiger partial charge < -0.3 is 4.90 Å². The molecule has 0 amide bonds. The normalized spacial score (nSPS) is 16.9. The van der Waals surface area contributed by atoms with Gasteiger partial charge in [0.1, 0.15) is 6.33 Å². The molecule has 0 atom stereocenters. The zero-order valence-electron chi connectivity index (χ0n) is 41.8. The summed E-state index contributed by atoms with van der Waals surface area (Å²) in [4.78, 5) is 29.3. The highest BCUT2D eigenvalue weighted by Crippen LogP contribution is 2.28. The molecular formula is C57H85N9. The van der Waals surface area contributed by atoms with Crippen molar-refractivity contribution in [2.45, 2.75) is 172 Å². The second-order valence-corrected chi connectivity index (χ2v) is 19.8. The third-order valence-corrected chi connectivity index (χ3v) is 13.8. The number of para-hydroxylation sites is 1. The first kappa shape index (κ1) is 52.4. The number of aromatic nitrogens is 4. The van der Waals surface area contributed by atoms with Crippen LogP contribution in [0.2, 0.25) is 0 Å². The first-order chi connectivity index (χ1) is 31.4. The molecule has 66 heavy (non-hydrogen) atoms. The number of aryl methyl sites for hydroxylation is 1. The average molecular weight is 896 g/mol. The maximum atomic E-state index is 4.41. The molecule has 5 aromatic rings. The molecule has 358 valence electrons. The molecule has 9 heteroatoms. The molecule has 0 saturated carbocycles. The number of rotatable bonds is 5. The fourth-order valence-corrected chi connectivity index (χ4v) is 9.45. The van der Waals surface area contributed by atoms with Crippen molar-refractivity contribution in [3.63, 3.8) is 0 Å². The van der Waals surface area contributed by atoms with Crippen LogP contribution >= 0.6 is 0 Å². The third-order valence-electron chi connectivity index (χ3n) is 13.8. The van der Waals surface area contributed by atoms with Crippen molar-refractivity contribution in [2.24, 2.45) is 0 Å². The van der Waals surface area contributed by atoms with Crippen LogP contribution in [0.5, 0.6) is 0 Å². The Hall–Kier alpha value is -4.54. The number of pyridine rings is 2. The van der Waals surface area contributed by atoms with Crippen LogP contribution in [-0.4, -0.2) is 102 Å². The summed E-state index contributed by atoms with van der Waals surface area (Å²) in [6.07, 6.45) is 16.5. The molecule has 0 N–H and O–H groups in total. The summed E-state index contributed by atoms with van der Waals surface area (Å²) in [7, 11) is 0. The van der Waals surface area contributed by atoms with E-state index >= 15 is 0 Å². The molecule has 8 heterocycles. The molecule has 0 fully saturated rings. The molecule has 0 bridgehead atoms. The Bertz CT molecular complexity index is 1940. The minimum absolute atomic E-state index is 0. The number of hydrogen-bond acceptors (Lipinski definition) is 9. The molecule has 0 aliphatic carbocycles. The minimum Gasteiger partial charge on any atom is -0.369 e. The maximum Gasteiger partial charge on any atom is 0.115 e. The van der Waals surface area contributed by atoms with Gasteiger partial charge in [0.2, 0.25) is 0 Å². The van der Waals surface area contributed by atoms with Crippen LogP contribution in [0.4, 0.5) is 5.69 Å². The average Bonchev–Trinajstić information content (AvgIpc) is 3.33. The van der Waals surface area contributed by atoms with Crippen LogP contribution in [0, 0.1) is 0 Å². The van der Waals surface area contributed by atoms with Crippen molar-refractivity contribution < 1.29 is 0 Å². The Labute approximate surface area is 401 Å². The Morgan fingerprint density at radius 3 is 1.56 bits per heavy atom. The third kappa shape index (κ3) is 15.0. The highest BCUT2D eigenvalue weighted by atomic mass is 15.2. The summed E-state index contributed by atoms with van der Waals surface area (Å²) >= 11 is 0. The lowest BCUT2D eigenvalue weighted by molar-refractivity contribution is 0.200. The molecule has 5 aliphatic rings. The lowest BCUT2D eigenvalue weighted by Crippen LogP contribution is -2.36. The van der Waals surface area contributed by atoms with Gasteiger partial charge in [-0.05, 0) is 153 Å². The SMILES string of the molecule is C.CC(C)N1CCCc2ccccc21.CC(C)N1CCc2ccccc2C1.CC(C)N1CCc2cccnc2C1.CC(C)N1CCc2ccncc2C1.CC(C)N1CCc2ncncc2C1. The summed E-state index contributed by atoms with van der Waals surface area (Å²) < 4.78 is 0. The van der Waals surface area contributed by atoms with Gasteiger partial charge in [-0.25, -0.2) is 9.97 Å². The smallest absolute Gasteiger partial charge is 0.115 e. The minimum atomic E-state index is 0. The van der Waals surface area contributed by atoms with Crippen molar-refractivity contribution in [2.75, 3.05) is 37.6 Å². The van der Waals surface area contributed by atoms with Gasteiger partial charge in [0, 0.05) is 137 Å². The molecular weight excluding hydrogens is 811 g/mol. The lowest BCUT2D eigenvalue weighted by atomic mass is 9.99. The number of hydrogen-bond donors (Lipinski definition) is 0. The van der Waals surface area contributed by atoms with E-state index in [1.165, 1.54) is 102 Å². The Kier molecular flexibility index (Phi) is 20.8. The van der Waals surface area contributed by atoms with E-state index < -0.39 is 0 Å². The van der Waals surface area contributed by atoms with Crippen molar-refractivity contribution >= 4 is 5.69 Å². The number of anilines is 1. The van der Waals surface area contributed by atoms with Gasteiger partial charge in [-0.3, -0.25) is 29.6 Å². The van der Waals surface area contributed by atoms with E-state index in [0.29, 0.717) is 30.2 Å². The predicted octanol–water partition coefficient (Wildman–Crippen LogP) is 10.9. The summed E-state index contributed by atoms with van der Waals surface area (Å²) in [5, 5.41) is 0. The molecule has 0 saturated heterocycles. The fraction of sp³-hybridized carbons (Fsp3) is 0.544. The molecule has 5 aliphatic heterocycles. The first-order valence-electron chi connectivity index (χ1n) is 24.9. The lowest BCUT2D eigenvalue weighted by Gasteiger charge is -2.34. The summed E-state index contributed by atoms with van der Waals surface area (Å²) in [5.74, 6) is 0. The van der Waals surface area contributed by atoms with E-state index in [1.807, 2.05) is 30.9 Å². The fourth-order valence-electron chi connectivity index (χ4n) is 9.45. The standard InChI is InChI=1S/2C12H17N.2C11H16N2.C10H15N3.CH4/c1-10(2)13-9-5-7-11-6-3-4-8-12(11)13;1-10(2)13-8-7-11-5-3-4-6-12(11)9-13;1-9(2)13-6-4-10-3-5-12-7-11(10)8-13;1-9(2)13-7-5-10-4-3-6-12-11(10)8-13;1-8(2)13-4-3-10-9(6-13)5-11-7-12-10;/h3-4,6,8,10H,5,7,9H2,1-2H3;3-6,10H,7-9H2,1-2H3;3,5,7,9H,4,6,8H2,1-2H3;3-4,6,9H,5,7-8H2,1-2H3;5,7-8H,3-4,6H2,1-2H3;1H4. The van der Waals surface area contributed by atoms with Gasteiger partial charge in [0.25, 0.3) is 0 Å². The quantitative estimate of drug-likeness (QED) is 0.172. The van der Waals surface area contributed by atoms with E-state index in [0.717, 1.165) is 45.6 Å². The largest absolute Gasteiger partial charge is 0.369 e. The Morgan fingerprint density at radius 2 is 0.909 bits per heavy atom. The van der Waals surface area contributed by atoms with Crippen LogP contribution < -0.4 is 4.90 Å². The zero-order valence-corrected chi connectivity index (χ0v) is 41.8. The van der Waals surface area contributed by atoms with Crippen molar-refractivity contribution in [1.82, 2.24) is 39.5 Å². The second kappa shape index (κ2) is 26.1. The first-order valence-corrected chi connectivity index (χ1v) is 24.9. The van der Waals surface area contributed by atoms with Gasteiger partial charge in [-0.2, -0.15) is 0 Å². The number of benzene rings is 2. The second-order valence-electron chi connectivity index (χ2n) is 19.8. The van der Waals surface area contributed by atoms with E-state index in [9.17, 15) is 0 Å². The van der Waals surface area contributed by atoms with E-state index in [1.54, 1.807) is 11.9 Å². The number of fused-ring (bicyclic) bond motifs is 5. The summed E-state index contributed by atoms with van der Waals surface area (Å²) in [6, 6.07) is 27.1. The Balaban J connectivity index is 0.000000154. The highest BCUT2D eigenvalue weighted by Gasteiger charge is 2.22. The van der Waals surface area contributed by atoms with E-state index in [4.69, 9.17) is 0 Å². The predicted molar refractivity (Wildman–Crippen MR) is 278 cm³/mol. The summed E-state index contributed by atoms with van der Waals surface area (Å²) in [5.41, 5.74) is 14.1. The van der Waals surface area contributed by atoms with Crippen LogP contribution in [-0.2, 0) is 58.3 Å². The topological polar surface area (TPSA) is 67.8 Å². The molecule has 10 rings (SSSR count). The van der Waals surface area contributed by atoms with Crippen LogP contribution in [0.3, 0.4) is 0 Å². The van der Waals surface area contributed by atoms with E-state index in [2.05, 4.69) is 174 Å². The molecule has 0 spiro atoms. The highest BCUT2D eigenvalue weighted by molar-refractivity contribution is 5.56. The number of nitrogens with zero attached hydrogens (tertiary/aromatic N) is 9. The van der Waals surface area contributed by atoms with Gasteiger partial charge in [0.15, 0.2) is 0 Å². The maximum absolute atomic E-state index is 4.41.